The van der Waals surface area contributed by atoms with Gasteiger partial charge < -0.3 is 15.4 Å². The second kappa shape index (κ2) is 8.15. The standard InChI is InChI=1S/C20H26N2OS/c1-15(14-20(2,3)16-9-6-5-7-10-16)21-19(24)22-17-11-8-12-18(13-17)23-4/h5-13,15H,14H2,1-4H3,(H2,21,22,24)/t15-/m0/s1. The van der Waals surface area contributed by atoms with E-state index in [9.17, 15) is 0 Å². The minimum absolute atomic E-state index is 0.0826. The summed E-state index contributed by atoms with van der Waals surface area (Å²) in [5.41, 5.74) is 2.34. The molecule has 1 atom stereocenters. The molecule has 0 amide bonds. The molecule has 24 heavy (non-hydrogen) atoms. The highest BCUT2D eigenvalue weighted by Crippen LogP contribution is 2.28. The van der Waals surface area contributed by atoms with E-state index in [0.717, 1.165) is 17.9 Å². The Labute approximate surface area is 150 Å². The lowest BCUT2D eigenvalue weighted by Crippen LogP contribution is -2.39. The number of benzene rings is 2. The quantitative estimate of drug-likeness (QED) is 0.743. The van der Waals surface area contributed by atoms with Crippen LogP contribution in [0.4, 0.5) is 5.69 Å². The van der Waals surface area contributed by atoms with E-state index in [0.29, 0.717) is 5.11 Å². The first kappa shape index (κ1) is 18.3. The van der Waals surface area contributed by atoms with Crippen LogP contribution in [0.3, 0.4) is 0 Å². The first-order valence-corrected chi connectivity index (χ1v) is 8.58. The van der Waals surface area contributed by atoms with Gasteiger partial charge in [-0.1, -0.05) is 50.2 Å². The molecule has 2 N–H and O–H groups in total. The van der Waals surface area contributed by atoms with E-state index in [2.05, 4.69) is 61.7 Å². The van der Waals surface area contributed by atoms with E-state index in [1.807, 2.05) is 24.3 Å². The Morgan fingerprint density at radius 1 is 1.12 bits per heavy atom. The van der Waals surface area contributed by atoms with Gasteiger partial charge in [-0.15, -0.1) is 0 Å². The molecule has 128 valence electrons. The van der Waals surface area contributed by atoms with Gasteiger partial charge in [-0.25, -0.2) is 0 Å². The highest BCUT2D eigenvalue weighted by atomic mass is 32.1. The van der Waals surface area contributed by atoms with Crippen molar-refractivity contribution < 1.29 is 4.74 Å². The number of hydrogen-bond acceptors (Lipinski definition) is 2. The third-order valence-electron chi connectivity index (χ3n) is 4.08. The topological polar surface area (TPSA) is 33.3 Å². The van der Waals surface area contributed by atoms with Crippen molar-refractivity contribution in [2.45, 2.75) is 38.6 Å². The molecule has 4 heteroatoms. The average Bonchev–Trinajstić information content (AvgIpc) is 2.55. The van der Waals surface area contributed by atoms with E-state index in [1.165, 1.54) is 5.56 Å². The Morgan fingerprint density at radius 3 is 2.50 bits per heavy atom. The Kier molecular flexibility index (Phi) is 6.21. The zero-order valence-corrected chi connectivity index (χ0v) is 15.6. The summed E-state index contributed by atoms with van der Waals surface area (Å²) in [5.74, 6) is 0.807. The molecule has 0 bridgehead atoms. The molecular weight excluding hydrogens is 316 g/mol. The number of rotatable bonds is 6. The van der Waals surface area contributed by atoms with Gasteiger partial charge in [-0.2, -0.15) is 0 Å². The van der Waals surface area contributed by atoms with Crippen molar-refractivity contribution in [2.24, 2.45) is 0 Å². The lowest BCUT2D eigenvalue weighted by atomic mass is 9.79. The van der Waals surface area contributed by atoms with Gasteiger partial charge in [0.15, 0.2) is 5.11 Å². The molecule has 2 aromatic carbocycles. The van der Waals surface area contributed by atoms with Gasteiger partial charge in [-0.3, -0.25) is 0 Å². The maximum Gasteiger partial charge on any atom is 0.170 e. The summed E-state index contributed by atoms with van der Waals surface area (Å²) in [7, 11) is 1.66. The van der Waals surface area contributed by atoms with E-state index in [4.69, 9.17) is 17.0 Å². The van der Waals surface area contributed by atoms with Gasteiger partial charge in [0.1, 0.15) is 5.75 Å². The van der Waals surface area contributed by atoms with Crippen molar-refractivity contribution in [1.82, 2.24) is 5.32 Å². The monoisotopic (exact) mass is 342 g/mol. The minimum Gasteiger partial charge on any atom is -0.497 e. The molecule has 0 aliphatic carbocycles. The SMILES string of the molecule is COc1cccc(NC(=S)N[C@@H](C)CC(C)(C)c2ccccc2)c1. The summed E-state index contributed by atoms with van der Waals surface area (Å²) in [6.07, 6.45) is 0.983. The number of hydrogen-bond donors (Lipinski definition) is 2. The fourth-order valence-corrected chi connectivity index (χ4v) is 3.23. The van der Waals surface area contributed by atoms with Gasteiger partial charge in [-0.05, 0) is 48.7 Å². The van der Waals surface area contributed by atoms with Crippen LogP contribution in [-0.2, 0) is 5.41 Å². The average molecular weight is 343 g/mol. The maximum absolute atomic E-state index is 5.43. The fraction of sp³-hybridized carbons (Fsp3) is 0.350. The normalized spacial score (nSPS) is 12.3. The Bertz CT molecular complexity index is 670. The number of thiocarbonyl (C=S) groups is 1. The van der Waals surface area contributed by atoms with Crippen LogP contribution in [0.5, 0.6) is 5.75 Å². The zero-order chi connectivity index (χ0) is 17.6. The fourth-order valence-electron chi connectivity index (χ4n) is 2.92. The van der Waals surface area contributed by atoms with E-state index in [-0.39, 0.29) is 11.5 Å². The lowest BCUT2D eigenvalue weighted by molar-refractivity contribution is 0.415. The molecule has 0 saturated heterocycles. The number of anilines is 1. The van der Waals surface area contributed by atoms with Gasteiger partial charge in [0.25, 0.3) is 0 Å². The van der Waals surface area contributed by atoms with Crippen LogP contribution >= 0.6 is 12.2 Å². The molecule has 0 heterocycles. The zero-order valence-electron chi connectivity index (χ0n) is 14.8. The second-order valence-electron chi connectivity index (χ2n) is 6.69. The first-order valence-electron chi connectivity index (χ1n) is 8.18. The summed E-state index contributed by atoms with van der Waals surface area (Å²) in [4.78, 5) is 0. The molecule has 0 fully saturated rings. The number of ether oxygens (including phenoxy) is 1. The highest BCUT2D eigenvalue weighted by molar-refractivity contribution is 7.80. The summed E-state index contributed by atoms with van der Waals surface area (Å²) in [6.45, 7) is 6.68. The molecule has 0 unspecified atom stereocenters. The molecule has 0 aliphatic rings. The van der Waals surface area contributed by atoms with E-state index < -0.39 is 0 Å². The lowest BCUT2D eigenvalue weighted by Gasteiger charge is -2.29. The second-order valence-corrected chi connectivity index (χ2v) is 7.09. The molecule has 2 aromatic rings. The molecular formula is C20H26N2OS. The predicted molar refractivity (Wildman–Crippen MR) is 106 cm³/mol. The van der Waals surface area contributed by atoms with Crippen LogP contribution in [0.1, 0.15) is 32.8 Å². The molecule has 0 saturated carbocycles. The van der Waals surface area contributed by atoms with Crippen molar-refractivity contribution in [2.75, 3.05) is 12.4 Å². The van der Waals surface area contributed by atoms with Crippen molar-refractivity contribution >= 4 is 23.0 Å². The van der Waals surface area contributed by atoms with Crippen molar-refractivity contribution in [1.29, 1.82) is 0 Å². The molecule has 0 spiro atoms. The van der Waals surface area contributed by atoms with E-state index >= 15 is 0 Å². The van der Waals surface area contributed by atoms with Gasteiger partial charge >= 0.3 is 0 Å². The van der Waals surface area contributed by atoms with Crippen molar-refractivity contribution in [3.8, 4) is 5.75 Å². The summed E-state index contributed by atoms with van der Waals surface area (Å²) < 4.78 is 5.23. The van der Waals surface area contributed by atoms with Crippen LogP contribution in [0.2, 0.25) is 0 Å². The largest absolute Gasteiger partial charge is 0.497 e. The summed E-state index contributed by atoms with van der Waals surface area (Å²) >= 11 is 5.43. The van der Waals surface area contributed by atoms with Crippen LogP contribution in [0.15, 0.2) is 54.6 Å². The molecule has 0 aromatic heterocycles. The van der Waals surface area contributed by atoms with Crippen LogP contribution in [0.25, 0.3) is 0 Å². The van der Waals surface area contributed by atoms with Crippen molar-refractivity contribution in [3.05, 3.63) is 60.2 Å². The third-order valence-corrected chi connectivity index (χ3v) is 4.30. The smallest absolute Gasteiger partial charge is 0.170 e. The maximum atomic E-state index is 5.43. The summed E-state index contributed by atoms with van der Waals surface area (Å²) in [6, 6.07) is 18.6. The van der Waals surface area contributed by atoms with Crippen LogP contribution < -0.4 is 15.4 Å². The number of methoxy groups -OCH3 is 1. The Balaban J connectivity index is 1.91. The third kappa shape index (κ3) is 5.24. The predicted octanol–water partition coefficient (Wildman–Crippen LogP) is 4.74. The Hall–Kier alpha value is -2.07. The molecule has 0 aliphatic heterocycles. The first-order chi connectivity index (χ1) is 11.4. The highest BCUT2D eigenvalue weighted by Gasteiger charge is 2.23. The van der Waals surface area contributed by atoms with Gasteiger partial charge in [0, 0.05) is 17.8 Å². The minimum atomic E-state index is 0.0826. The molecule has 0 radical (unpaired) electrons. The molecule has 3 nitrogen and oxygen atoms in total. The van der Waals surface area contributed by atoms with Gasteiger partial charge in [0.05, 0.1) is 7.11 Å². The van der Waals surface area contributed by atoms with Crippen molar-refractivity contribution in [3.63, 3.8) is 0 Å². The summed E-state index contributed by atoms with van der Waals surface area (Å²) in [5, 5.41) is 7.21. The van der Waals surface area contributed by atoms with Gasteiger partial charge in [0.2, 0.25) is 0 Å². The Morgan fingerprint density at radius 2 is 1.83 bits per heavy atom. The van der Waals surface area contributed by atoms with Crippen LogP contribution in [-0.4, -0.2) is 18.3 Å². The van der Waals surface area contributed by atoms with Crippen LogP contribution in [0, 0.1) is 0 Å². The molecule has 2 rings (SSSR count). The number of nitrogens with one attached hydrogen (secondary N) is 2. The van der Waals surface area contributed by atoms with E-state index in [1.54, 1.807) is 7.11 Å².